The molecule has 0 aromatic carbocycles. The molecule has 0 spiro atoms. The third-order valence-corrected chi connectivity index (χ3v) is 3.68. The molecular weight excluding hydrogens is 326 g/mol. The van der Waals surface area contributed by atoms with Crippen LogP contribution in [0.25, 0.3) is 0 Å². The molecule has 0 aliphatic carbocycles. The fraction of sp³-hybridized carbons (Fsp3) is 0.833. The maximum Gasteiger partial charge on any atom is 0.534 e. The van der Waals surface area contributed by atoms with Gasteiger partial charge in [0.05, 0.1) is 12.2 Å². The molecular formula is C18H31NO6. The zero-order valence-electron chi connectivity index (χ0n) is 16.4. The van der Waals surface area contributed by atoms with E-state index in [9.17, 15) is 14.4 Å². The van der Waals surface area contributed by atoms with Gasteiger partial charge in [-0.05, 0) is 39.5 Å². The molecule has 0 aromatic heterocycles. The Morgan fingerprint density at radius 2 is 1.48 bits per heavy atom. The van der Waals surface area contributed by atoms with Gasteiger partial charge in [0.15, 0.2) is 0 Å². The maximum absolute atomic E-state index is 11.8. The summed E-state index contributed by atoms with van der Waals surface area (Å²) in [5.41, 5.74) is -0.988. The van der Waals surface area contributed by atoms with Gasteiger partial charge in [0, 0.05) is 19.3 Å². The van der Waals surface area contributed by atoms with E-state index in [2.05, 4.69) is 20.8 Å². The van der Waals surface area contributed by atoms with E-state index >= 15 is 0 Å². The number of carbonyl (C=O) groups is 3. The topological polar surface area (TPSA) is 82.1 Å². The molecule has 1 aliphatic rings. The van der Waals surface area contributed by atoms with Crippen LogP contribution in [0.15, 0.2) is 0 Å². The summed E-state index contributed by atoms with van der Waals surface area (Å²) in [5, 5.41) is 0.474. The lowest BCUT2D eigenvalue weighted by Crippen LogP contribution is -2.37. The van der Waals surface area contributed by atoms with Crippen LogP contribution in [-0.2, 0) is 23.9 Å². The SMILES string of the molecule is CC(C)(C)CC(C)(C)OCCC(C)(C)OC(=O)ON1C(=O)CCC1=O. The van der Waals surface area contributed by atoms with E-state index in [1.807, 2.05) is 13.8 Å². The largest absolute Gasteiger partial charge is 0.534 e. The second kappa shape index (κ2) is 7.72. The van der Waals surface area contributed by atoms with E-state index < -0.39 is 23.6 Å². The van der Waals surface area contributed by atoms with Crippen molar-refractivity contribution in [3.05, 3.63) is 0 Å². The molecule has 7 nitrogen and oxygen atoms in total. The first-order chi connectivity index (χ1) is 11.2. The van der Waals surface area contributed by atoms with Crippen molar-refractivity contribution in [2.75, 3.05) is 6.61 Å². The Bertz CT molecular complexity index is 502. The van der Waals surface area contributed by atoms with Crippen molar-refractivity contribution in [3.8, 4) is 0 Å². The lowest BCUT2D eigenvalue weighted by atomic mass is 9.83. The van der Waals surface area contributed by atoms with Crippen LogP contribution in [-0.4, -0.2) is 40.8 Å². The molecule has 0 N–H and O–H groups in total. The molecule has 144 valence electrons. The van der Waals surface area contributed by atoms with Crippen molar-refractivity contribution in [2.24, 2.45) is 5.41 Å². The Morgan fingerprint density at radius 1 is 0.960 bits per heavy atom. The van der Waals surface area contributed by atoms with Crippen LogP contribution in [0.4, 0.5) is 4.79 Å². The fourth-order valence-corrected chi connectivity index (χ4v) is 2.93. The standard InChI is InChI=1S/C18H31NO6/c1-16(2,3)12-18(6,7)23-11-10-17(4,5)24-15(22)25-19-13(20)8-9-14(19)21/h8-12H2,1-7H3. The second-order valence-corrected chi connectivity index (χ2v) is 8.88. The summed E-state index contributed by atoms with van der Waals surface area (Å²) in [6.45, 7) is 14.4. The van der Waals surface area contributed by atoms with Gasteiger partial charge in [-0.15, -0.1) is 0 Å². The minimum atomic E-state index is -1.07. The summed E-state index contributed by atoms with van der Waals surface area (Å²) >= 11 is 0. The van der Waals surface area contributed by atoms with E-state index in [1.54, 1.807) is 13.8 Å². The normalized spacial score (nSPS) is 16.4. The molecule has 0 atom stereocenters. The predicted octanol–water partition coefficient (Wildman–Crippen LogP) is 3.60. The van der Waals surface area contributed by atoms with Crippen LogP contribution in [0.3, 0.4) is 0 Å². The van der Waals surface area contributed by atoms with Gasteiger partial charge in [-0.1, -0.05) is 25.8 Å². The first-order valence-corrected chi connectivity index (χ1v) is 8.62. The highest BCUT2D eigenvalue weighted by atomic mass is 16.8. The summed E-state index contributed by atoms with van der Waals surface area (Å²) in [5.74, 6) is -1.07. The molecule has 2 amide bonds. The molecule has 25 heavy (non-hydrogen) atoms. The number of nitrogens with zero attached hydrogens (tertiary/aromatic N) is 1. The van der Waals surface area contributed by atoms with Crippen molar-refractivity contribution >= 4 is 18.0 Å². The number of amides is 2. The zero-order chi connectivity index (χ0) is 19.5. The van der Waals surface area contributed by atoms with Gasteiger partial charge >= 0.3 is 6.16 Å². The van der Waals surface area contributed by atoms with Crippen LogP contribution in [0.2, 0.25) is 0 Å². The molecule has 1 saturated heterocycles. The molecule has 1 aliphatic heterocycles. The molecule has 1 fully saturated rings. The van der Waals surface area contributed by atoms with Crippen LogP contribution in [0.1, 0.15) is 74.1 Å². The van der Waals surface area contributed by atoms with Crippen molar-refractivity contribution in [1.29, 1.82) is 0 Å². The van der Waals surface area contributed by atoms with E-state index in [0.717, 1.165) is 6.42 Å². The minimum Gasteiger partial charge on any atom is -0.427 e. The fourth-order valence-electron chi connectivity index (χ4n) is 2.93. The number of rotatable bonds is 7. The number of imide groups is 1. The lowest BCUT2D eigenvalue weighted by Gasteiger charge is -2.34. The second-order valence-electron chi connectivity index (χ2n) is 8.88. The third-order valence-electron chi connectivity index (χ3n) is 3.68. The Balaban J connectivity index is 2.43. The van der Waals surface area contributed by atoms with Gasteiger partial charge in [0.1, 0.15) is 5.60 Å². The smallest absolute Gasteiger partial charge is 0.427 e. The summed E-state index contributed by atoms with van der Waals surface area (Å²) < 4.78 is 11.2. The van der Waals surface area contributed by atoms with Gasteiger partial charge in [-0.25, -0.2) is 4.79 Å². The van der Waals surface area contributed by atoms with Crippen molar-refractivity contribution in [3.63, 3.8) is 0 Å². The summed E-state index contributed by atoms with van der Waals surface area (Å²) in [6, 6.07) is 0. The third kappa shape index (κ3) is 7.86. The quantitative estimate of drug-likeness (QED) is 0.511. The van der Waals surface area contributed by atoms with E-state index in [1.165, 1.54) is 0 Å². The lowest BCUT2D eigenvalue weighted by molar-refractivity contribution is -0.181. The summed E-state index contributed by atoms with van der Waals surface area (Å²) in [6.07, 6.45) is 0.376. The first-order valence-electron chi connectivity index (χ1n) is 8.62. The van der Waals surface area contributed by atoms with Gasteiger partial charge < -0.3 is 9.47 Å². The highest BCUT2D eigenvalue weighted by Crippen LogP contribution is 2.30. The van der Waals surface area contributed by atoms with Crippen LogP contribution >= 0.6 is 0 Å². The zero-order valence-corrected chi connectivity index (χ0v) is 16.4. The highest BCUT2D eigenvalue weighted by molar-refractivity contribution is 6.01. The number of hydrogen-bond donors (Lipinski definition) is 0. The van der Waals surface area contributed by atoms with E-state index in [4.69, 9.17) is 14.3 Å². The van der Waals surface area contributed by atoms with Gasteiger partial charge in [-0.2, -0.15) is 0 Å². The maximum atomic E-state index is 11.8. The van der Waals surface area contributed by atoms with Crippen molar-refractivity contribution < 1.29 is 28.7 Å². The van der Waals surface area contributed by atoms with Gasteiger partial charge in [0.25, 0.3) is 11.8 Å². The molecule has 0 saturated carbocycles. The van der Waals surface area contributed by atoms with E-state index in [0.29, 0.717) is 18.1 Å². The average molecular weight is 357 g/mol. The number of carbonyl (C=O) groups excluding carboxylic acids is 3. The monoisotopic (exact) mass is 357 g/mol. The highest BCUT2D eigenvalue weighted by Gasteiger charge is 2.35. The van der Waals surface area contributed by atoms with Crippen LogP contribution in [0.5, 0.6) is 0 Å². The van der Waals surface area contributed by atoms with Gasteiger partial charge in [0.2, 0.25) is 0 Å². The van der Waals surface area contributed by atoms with Crippen molar-refractivity contribution in [1.82, 2.24) is 5.06 Å². The van der Waals surface area contributed by atoms with Crippen LogP contribution in [0, 0.1) is 5.41 Å². The summed E-state index contributed by atoms with van der Waals surface area (Å²) in [7, 11) is 0. The first kappa shape index (κ1) is 21.4. The Morgan fingerprint density at radius 3 is 1.96 bits per heavy atom. The van der Waals surface area contributed by atoms with Crippen LogP contribution < -0.4 is 0 Å². The number of ether oxygens (including phenoxy) is 2. The van der Waals surface area contributed by atoms with Gasteiger partial charge in [-0.3, -0.25) is 14.4 Å². The average Bonchev–Trinajstić information content (AvgIpc) is 2.66. The van der Waals surface area contributed by atoms with E-state index in [-0.39, 0.29) is 23.9 Å². The Hall–Kier alpha value is -1.63. The number of hydrogen-bond acceptors (Lipinski definition) is 6. The predicted molar refractivity (Wildman–Crippen MR) is 91.5 cm³/mol. The molecule has 0 aromatic rings. The Labute approximate surface area is 149 Å². The van der Waals surface area contributed by atoms with Crippen molar-refractivity contribution in [2.45, 2.75) is 85.4 Å². The summed E-state index contributed by atoms with van der Waals surface area (Å²) in [4.78, 5) is 39.4. The molecule has 1 rings (SSSR count). The minimum absolute atomic E-state index is 0.0478. The number of hydroxylamine groups is 2. The molecule has 0 unspecified atom stereocenters. The molecule has 7 heteroatoms. The molecule has 0 bridgehead atoms. The molecule has 0 radical (unpaired) electrons. The molecule has 1 heterocycles. The Kier molecular flexibility index (Phi) is 6.61.